The molecule has 6 nitrogen and oxygen atoms in total. The van der Waals surface area contributed by atoms with Gasteiger partial charge in [-0.05, 0) is 49.9 Å². The van der Waals surface area contributed by atoms with Crippen LogP contribution in [0, 0.1) is 5.92 Å². The fourth-order valence-electron chi connectivity index (χ4n) is 3.86. The highest BCUT2D eigenvalue weighted by atomic mass is 16.5. The predicted octanol–water partition coefficient (Wildman–Crippen LogP) is 2.81. The molecule has 0 bridgehead atoms. The Morgan fingerprint density at radius 1 is 1.31 bits per heavy atom. The fraction of sp³-hybridized carbons (Fsp3) is 0.600. The Morgan fingerprint density at radius 2 is 2.04 bits per heavy atom. The molecule has 0 saturated carbocycles. The zero-order valence-electron chi connectivity index (χ0n) is 16.2. The van der Waals surface area contributed by atoms with Crippen LogP contribution in [0.2, 0.25) is 0 Å². The van der Waals surface area contributed by atoms with Crippen LogP contribution in [0.15, 0.2) is 30.6 Å². The monoisotopic (exact) mass is 358 g/mol. The molecule has 1 aromatic heterocycles. The van der Waals surface area contributed by atoms with Crippen molar-refractivity contribution in [3.8, 4) is 5.75 Å². The second-order valence-electron chi connectivity index (χ2n) is 7.76. The number of nitrogens with zero attached hydrogens (tertiary/aromatic N) is 4. The highest BCUT2D eigenvalue weighted by molar-refractivity contribution is 5.31. The van der Waals surface area contributed by atoms with Crippen LogP contribution < -0.4 is 4.74 Å². The van der Waals surface area contributed by atoms with E-state index in [4.69, 9.17) is 4.74 Å². The van der Waals surface area contributed by atoms with E-state index in [1.54, 1.807) is 13.4 Å². The van der Waals surface area contributed by atoms with E-state index in [9.17, 15) is 5.11 Å². The molecule has 1 saturated heterocycles. The van der Waals surface area contributed by atoms with Crippen molar-refractivity contribution in [2.45, 2.75) is 58.3 Å². The van der Waals surface area contributed by atoms with E-state index in [-0.39, 0.29) is 6.04 Å². The van der Waals surface area contributed by atoms with Gasteiger partial charge in [-0.25, -0.2) is 9.67 Å². The highest BCUT2D eigenvalue weighted by Crippen LogP contribution is 2.36. The quantitative estimate of drug-likeness (QED) is 0.825. The van der Waals surface area contributed by atoms with E-state index in [2.05, 4.69) is 28.8 Å². The van der Waals surface area contributed by atoms with Gasteiger partial charge in [0.2, 0.25) is 0 Å². The Bertz CT molecular complexity index is 709. The summed E-state index contributed by atoms with van der Waals surface area (Å²) in [6.07, 6.45) is 3.68. The lowest BCUT2D eigenvalue weighted by molar-refractivity contribution is -0.0265. The molecule has 1 aliphatic rings. The van der Waals surface area contributed by atoms with E-state index < -0.39 is 5.60 Å². The summed E-state index contributed by atoms with van der Waals surface area (Å²) in [5.74, 6) is 2.29. The third kappa shape index (κ3) is 3.91. The maximum absolute atomic E-state index is 11.3. The summed E-state index contributed by atoms with van der Waals surface area (Å²) < 4.78 is 7.22. The van der Waals surface area contributed by atoms with Crippen LogP contribution in [0.4, 0.5) is 0 Å². The summed E-state index contributed by atoms with van der Waals surface area (Å²) in [7, 11) is 1.65. The second-order valence-corrected chi connectivity index (χ2v) is 7.76. The molecule has 1 N–H and O–H groups in total. The number of aliphatic hydroxyl groups is 1. The smallest absolute Gasteiger partial charge is 0.141 e. The van der Waals surface area contributed by atoms with Crippen molar-refractivity contribution < 1.29 is 9.84 Å². The van der Waals surface area contributed by atoms with E-state index in [0.29, 0.717) is 12.5 Å². The van der Waals surface area contributed by atoms with Gasteiger partial charge in [0.1, 0.15) is 23.5 Å². The summed E-state index contributed by atoms with van der Waals surface area (Å²) >= 11 is 0. The Labute approximate surface area is 155 Å². The first kappa shape index (κ1) is 18.9. The molecule has 1 aromatic carbocycles. The minimum Gasteiger partial charge on any atom is -0.497 e. The molecule has 1 fully saturated rings. The Hall–Kier alpha value is -1.92. The van der Waals surface area contributed by atoms with Crippen molar-refractivity contribution in [3.05, 3.63) is 42.0 Å². The third-order valence-corrected chi connectivity index (χ3v) is 5.27. The second kappa shape index (κ2) is 7.76. The van der Waals surface area contributed by atoms with E-state index in [1.807, 2.05) is 35.9 Å². The van der Waals surface area contributed by atoms with Gasteiger partial charge in [-0.1, -0.05) is 26.0 Å². The SMILES string of the molecule is COc1ccc(C(C)(O)C2CCCN2Cc2ncnn2CC(C)C)cc1. The molecule has 142 valence electrons. The van der Waals surface area contributed by atoms with Crippen LogP contribution in [-0.2, 0) is 18.7 Å². The van der Waals surface area contributed by atoms with Gasteiger partial charge >= 0.3 is 0 Å². The van der Waals surface area contributed by atoms with Crippen molar-refractivity contribution in [2.75, 3.05) is 13.7 Å². The number of hydrogen-bond donors (Lipinski definition) is 1. The summed E-state index contributed by atoms with van der Waals surface area (Å²) in [6.45, 7) is 8.81. The highest BCUT2D eigenvalue weighted by Gasteiger charge is 2.40. The number of ether oxygens (including phenoxy) is 1. The fourth-order valence-corrected chi connectivity index (χ4v) is 3.86. The molecule has 26 heavy (non-hydrogen) atoms. The van der Waals surface area contributed by atoms with Crippen LogP contribution in [0.25, 0.3) is 0 Å². The number of aromatic nitrogens is 3. The van der Waals surface area contributed by atoms with E-state index >= 15 is 0 Å². The van der Waals surface area contributed by atoms with Gasteiger partial charge in [-0.15, -0.1) is 0 Å². The summed E-state index contributed by atoms with van der Waals surface area (Å²) in [5, 5.41) is 15.7. The summed E-state index contributed by atoms with van der Waals surface area (Å²) in [4.78, 5) is 6.80. The lowest BCUT2D eigenvalue weighted by atomic mass is 9.86. The number of hydrogen-bond acceptors (Lipinski definition) is 5. The largest absolute Gasteiger partial charge is 0.497 e. The van der Waals surface area contributed by atoms with Gasteiger partial charge in [0.25, 0.3) is 0 Å². The molecule has 2 heterocycles. The van der Waals surface area contributed by atoms with E-state index in [1.165, 1.54) is 0 Å². The van der Waals surface area contributed by atoms with Crippen molar-refractivity contribution in [3.63, 3.8) is 0 Å². The van der Waals surface area contributed by atoms with Crippen molar-refractivity contribution in [1.29, 1.82) is 0 Å². The van der Waals surface area contributed by atoms with Crippen LogP contribution in [0.1, 0.15) is 45.0 Å². The maximum Gasteiger partial charge on any atom is 0.141 e. The first-order valence-electron chi connectivity index (χ1n) is 9.39. The topological polar surface area (TPSA) is 63.4 Å². The molecule has 2 atom stereocenters. The lowest BCUT2D eigenvalue weighted by Gasteiger charge is -2.37. The van der Waals surface area contributed by atoms with Gasteiger partial charge in [0.05, 0.1) is 13.7 Å². The van der Waals surface area contributed by atoms with Crippen molar-refractivity contribution in [1.82, 2.24) is 19.7 Å². The third-order valence-electron chi connectivity index (χ3n) is 5.27. The van der Waals surface area contributed by atoms with Gasteiger partial charge in [0.15, 0.2) is 0 Å². The summed E-state index contributed by atoms with van der Waals surface area (Å²) in [6, 6.07) is 7.78. The summed E-state index contributed by atoms with van der Waals surface area (Å²) in [5.41, 5.74) is -0.00933. The van der Waals surface area contributed by atoms with Crippen LogP contribution in [0.3, 0.4) is 0 Å². The van der Waals surface area contributed by atoms with Gasteiger partial charge in [-0.3, -0.25) is 4.90 Å². The number of likely N-dealkylation sites (tertiary alicyclic amines) is 1. The zero-order chi connectivity index (χ0) is 18.7. The normalized spacial score (nSPS) is 20.5. The number of rotatable bonds is 7. The van der Waals surface area contributed by atoms with Crippen molar-refractivity contribution in [2.24, 2.45) is 5.92 Å². The minimum atomic E-state index is -0.925. The predicted molar refractivity (Wildman–Crippen MR) is 101 cm³/mol. The van der Waals surface area contributed by atoms with Gasteiger partial charge in [-0.2, -0.15) is 5.10 Å². The minimum absolute atomic E-state index is 0.0556. The first-order chi connectivity index (χ1) is 12.4. The molecule has 0 radical (unpaired) electrons. The molecule has 0 spiro atoms. The van der Waals surface area contributed by atoms with Crippen molar-refractivity contribution >= 4 is 0 Å². The van der Waals surface area contributed by atoms with Crippen LogP contribution >= 0.6 is 0 Å². The Kier molecular flexibility index (Phi) is 5.63. The molecule has 0 aliphatic carbocycles. The zero-order valence-corrected chi connectivity index (χ0v) is 16.2. The lowest BCUT2D eigenvalue weighted by Crippen LogP contribution is -2.45. The standard InChI is InChI=1S/C20H30N4O2/c1-15(2)12-24-19(21-14-22-24)13-23-11-5-6-18(23)20(3,25)16-7-9-17(26-4)10-8-16/h7-10,14-15,18,25H,5-6,11-13H2,1-4H3. The number of methoxy groups -OCH3 is 1. The molecular formula is C20H30N4O2. The Balaban J connectivity index is 1.77. The van der Waals surface area contributed by atoms with Gasteiger partial charge < -0.3 is 9.84 Å². The van der Waals surface area contributed by atoms with E-state index in [0.717, 1.165) is 43.1 Å². The molecule has 1 aliphatic heterocycles. The molecular weight excluding hydrogens is 328 g/mol. The molecule has 2 aromatic rings. The number of benzene rings is 1. The average Bonchev–Trinajstić information content (AvgIpc) is 3.25. The molecule has 6 heteroatoms. The Morgan fingerprint density at radius 3 is 2.69 bits per heavy atom. The molecule has 2 unspecified atom stereocenters. The van der Waals surface area contributed by atoms with Crippen LogP contribution in [0.5, 0.6) is 5.75 Å². The van der Waals surface area contributed by atoms with Gasteiger partial charge in [0, 0.05) is 12.6 Å². The molecule has 3 rings (SSSR count). The maximum atomic E-state index is 11.3. The first-order valence-corrected chi connectivity index (χ1v) is 9.39. The average molecular weight is 358 g/mol. The van der Waals surface area contributed by atoms with Crippen LogP contribution in [-0.4, -0.2) is 44.5 Å². The molecule has 0 amide bonds.